The zero-order chi connectivity index (χ0) is 33.4. The molecule has 2 atom stereocenters. The van der Waals surface area contributed by atoms with Crippen LogP contribution in [0, 0.1) is 0 Å². The van der Waals surface area contributed by atoms with Crippen LogP contribution in [0.4, 0.5) is 26.3 Å². The second-order valence-corrected chi connectivity index (χ2v) is 12.1. The molecule has 1 aliphatic rings. The van der Waals surface area contributed by atoms with Gasteiger partial charge in [0.25, 0.3) is 11.8 Å². The number of hydrogen-bond donors (Lipinski definition) is 1. The Morgan fingerprint density at radius 3 is 2.22 bits per heavy atom. The number of fused-ring (bicyclic) bond motifs is 1. The Bertz CT molecular complexity index is 1810. The molecule has 242 valence electrons. The van der Waals surface area contributed by atoms with Crippen molar-refractivity contribution in [1.29, 1.82) is 0 Å². The first-order valence-electron chi connectivity index (χ1n) is 13.9. The maximum atomic E-state index is 13.6. The molecule has 2 amide bonds. The van der Waals surface area contributed by atoms with Gasteiger partial charge in [-0.15, -0.1) is 11.8 Å². The Hall–Kier alpha value is -3.97. The first-order chi connectivity index (χ1) is 21.6. The predicted molar refractivity (Wildman–Crippen MR) is 161 cm³/mol. The van der Waals surface area contributed by atoms with Crippen LogP contribution in [0.5, 0.6) is 0 Å². The number of thioether (sulfide) groups is 1. The summed E-state index contributed by atoms with van der Waals surface area (Å²) in [7, 11) is 0. The van der Waals surface area contributed by atoms with Crippen molar-refractivity contribution in [3.05, 3.63) is 110 Å². The number of alkyl halides is 6. The molecule has 1 N–H and O–H groups in total. The Labute approximate surface area is 267 Å². The molecule has 4 aromatic rings. The normalized spacial score (nSPS) is 17.3. The van der Waals surface area contributed by atoms with Crippen molar-refractivity contribution in [3.8, 4) is 0 Å². The van der Waals surface area contributed by atoms with Gasteiger partial charge in [0.1, 0.15) is 5.58 Å². The Kier molecular flexibility index (Phi) is 9.46. The molecule has 1 saturated heterocycles. The maximum absolute atomic E-state index is 13.6. The quantitative estimate of drug-likeness (QED) is 0.166. The van der Waals surface area contributed by atoms with Crippen LogP contribution < -0.4 is 10.7 Å². The van der Waals surface area contributed by atoms with Crippen molar-refractivity contribution < 1.29 is 40.3 Å². The summed E-state index contributed by atoms with van der Waals surface area (Å²) in [5.74, 6) is -1.92. The Morgan fingerprint density at radius 2 is 1.61 bits per heavy atom. The van der Waals surface area contributed by atoms with Crippen molar-refractivity contribution in [3.63, 3.8) is 0 Å². The molecule has 0 aliphatic carbocycles. The summed E-state index contributed by atoms with van der Waals surface area (Å²) in [6, 6.07) is 12.2. The molecular weight excluding hydrogens is 658 g/mol. The number of piperidine rings is 1. The van der Waals surface area contributed by atoms with Crippen molar-refractivity contribution >= 4 is 46.1 Å². The van der Waals surface area contributed by atoms with Gasteiger partial charge < -0.3 is 14.6 Å². The molecule has 5 rings (SSSR count). The van der Waals surface area contributed by atoms with Crippen LogP contribution in [0.15, 0.2) is 80.8 Å². The summed E-state index contributed by atoms with van der Waals surface area (Å²) in [6.45, 7) is -0.0849. The van der Waals surface area contributed by atoms with E-state index in [1.165, 1.54) is 16.7 Å². The van der Waals surface area contributed by atoms with Crippen LogP contribution in [0.25, 0.3) is 11.0 Å². The van der Waals surface area contributed by atoms with Crippen LogP contribution in [-0.4, -0.2) is 41.6 Å². The van der Waals surface area contributed by atoms with Crippen molar-refractivity contribution in [2.75, 3.05) is 12.8 Å². The molecule has 0 spiro atoms. The fraction of sp³-hybridized carbons (Fsp3) is 0.281. The molecule has 0 bridgehead atoms. The fourth-order valence-electron chi connectivity index (χ4n) is 5.41. The van der Waals surface area contributed by atoms with Gasteiger partial charge in [-0.1, -0.05) is 23.7 Å². The lowest BCUT2D eigenvalue weighted by atomic mass is 9.91. The maximum Gasteiger partial charge on any atom is 0.416 e. The third-order valence-electron chi connectivity index (χ3n) is 7.69. The molecule has 2 heterocycles. The van der Waals surface area contributed by atoms with Crippen molar-refractivity contribution in [1.82, 2.24) is 10.2 Å². The molecule has 1 aliphatic heterocycles. The van der Waals surface area contributed by atoms with Crippen LogP contribution in [0.2, 0.25) is 5.02 Å². The topological polar surface area (TPSA) is 79.6 Å². The van der Waals surface area contributed by atoms with Gasteiger partial charge in [-0.3, -0.25) is 14.4 Å². The lowest BCUT2D eigenvalue weighted by molar-refractivity contribution is -0.143. The third kappa shape index (κ3) is 7.52. The van der Waals surface area contributed by atoms with Gasteiger partial charge in [-0.05, 0) is 79.6 Å². The first-order valence-corrected chi connectivity index (χ1v) is 15.5. The van der Waals surface area contributed by atoms with E-state index in [9.17, 15) is 40.7 Å². The summed E-state index contributed by atoms with van der Waals surface area (Å²) < 4.78 is 86.9. The second kappa shape index (κ2) is 13.0. The molecule has 14 heteroatoms. The van der Waals surface area contributed by atoms with E-state index in [1.807, 2.05) is 6.26 Å². The van der Waals surface area contributed by atoms with E-state index in [0.717, 1.165) is 11.0 Å². The monoisotopic (exact) mass is 682 g/mol. The lowest BCUT2D eigenvalue weighted by Gasteiger charge is -2.40. The molecule has 0 radical (unpaired) electrons. The van der Waals surface area contributed by atoms with Crippen LogP contribution in [-0.2, 0) is 18.8 Å². The molecule has 0 saturated carbocycles. The summed E-state index contributed by atoms with van der Waals surface area (Å²) >= 11 is 7.42. The third-order valence-corrected chi connectivity index (χ3v) is 8.67. The highest BCUT2D eigenvalue weighted by molar-refractivity contribution is 7.98. The highest BCUT2D eigenvalue weighted by atomic mass is 35.5. The second-order valence-electron chi connectivity index (χ2n) is 10.8. The van der Waals surface area contributed by atoms with E-state index in [0.29, 0.717) is 28.1 Å². The van der Waals surface area contributed by atoms with Crippen LogP contribution in [0.3, 0.4) is 0 Å². The molecule has 1 fully saturated rings. The molecular formula is C32H25ClF6N2O4S. The largest absolute Gasteiger partial charge is 0.451 e. The number of nitrogens with one attached hydrogen (secondary N) is 1. The van der Waals surface area contributed by atoms with Gasteiger partial charge in [-0.2, -0.15) is 26.3 Å². The zero-order valence-electron chi connectivity index (χ0n) is 24.0. The fourth-order valence-corrected chi connectivity index (χ4v) is 5.97. The van der Waals surface area contributed by atoms with Gasteiger partial charge in [0.2, 0.25) is 0 Å². The molecule has 6 nitrogen and oxygen atoms in total. The number of carbonyl (C=O) groups excluding carboxylic acids is 2. The standard InChI is InChI=1S/C32H25ClF6N2O4S/c1-46-24-6-7-25-26(42)16-28(45-27(25)15-24)29(43)40-22-8-9-41(23(14-22)10-17-2-4-21(33)5-3-17)30(44)18-11-19(31(34,35)36)13-20(12-18)32(37,38)39/h2-7,11-13,15-16,22-23H,8-10,14H2,1H3,(H,40,43). The van der Waals surface area contributed by atoms with E-state index in [2.05, 4.69) is 5.32 Å². The number of nitrogens with zero attached hydrogens (tertiary/aromatic N) is 1. The number of rotatable bonds is 6. The number of carbonyl (C=O) groups is 2. The summed E-state index contributed by atoms with van der Waals surface area (Å²) in [6.07, 6.45) is -7.98. The number of amides is 2. The smallest absolute Gasteiger partial charge is 0.416 e. The van der Waals surface area contributed by atoms with Crippen LogP contribution in [0.1, 0.15) is 50.4 Å². The molecule has 1 aromatic heterocycles. The molecule has 2 unspecified atom stereocenters. The number of likely N-dealkylation sites (tertiary alicyclic amines) is 1. The number of halogens is 7. The van der Waals surface area contributed by atoms with Gasteiger partial charge in [0.15, 0.2) is 11.2 Å². The average molecular weight is 683 g/mol. The SMILES string of the molecule is CSc1ccc2c(=O)cc(C(=O)NC3CCN(C(=O)c4cc(C(F)(F)F)cc(C(F)(F)F)c4)C(Cc4ccc(Cl)cc4)C3)oc2c1. The predicted octanol–water partition coefficient (Wildman–Crippen LogP) is 7.85. The van der Waals surface area contributed by atoms with E-state index in [1.54, 1.807) is 42.5 Å². The Balaban J connectivity index is 1.43. The molecule has 46 heavy (non-hydrogen) atoms. The van der Waals surface area contributed by atoms with Crippen molar-refractivity contribution in [2.24, 2.45) is 0 Å². The minimum atomic E-state index is -5.12. The minimum Gasteiger partial charge on any atom is -0.451 e. The van der Waals surface area contributed by atoms with E-state index < -0.39 is 58.4 Å². The average Bonchev–Trinajstić information content (AvgIpc) is 3.00. The zero-order valence-corrected chi connectivity index (χ0v) is 25.5. The first kappa shape index (κ1) is 33.4. The van der Waals surface area contributed by atoms with E-state index in [4.69, 9.17) is 16.0 Å². The lowest BCUT2D eigenvalue weighted by Crippen LogP contribution is -2.52. The van der Waals surface area contributed by atoms with Crippen molar-refractivity contribution in [2.45, 2.75) is 48.6 Å². The van der Waals surface area contributed by atoms with Gasteiger partial charge >= 0.3 is 12.4 Å². The summed E-state index contributed by atoms with van der Waals surface area (Å²) in [5.41, 5.74) is -3.44. The number of hydrogen-bond acceptors (Lipinski definition) is 5. The highest BCUT2D eigenvalue weighted by Crippen LogP contribution is 2.37. The highest BCUT2D eigenvalue weighted by Gasteiger charge is 2.39. The van der Waals surface area contributed by atoms with Gasteiger partial charge in [0, 0.05) is 40.2 Å². The number of benzene rings is 3. The van der Waals surface area contributed by atoms with E-state index in [-0.39, 0.29) is 43.2 Å². The van der Waals surface area contributed by atoms with E-state index >= 15 is 0 Å². The molecule has 3 aromatic carbocycles. The van der Waals surface area contributed by atoms with Gasteiger partial charge in [-0.25, -0.2) is 0 Å². The minimum absolute atomic E-state index is 0.0310. The van der Waals surface area contributed by atoms with Gasteiger partial charge in [0.05, 0.1) is 16.5 Å². The van der Waals surface area contributed by atoms with Crippen LogP contribution >= 0.6 is 23.4 Å². The summed E-state index contributed by atoms with van der Waals surface area (Å²) in [5, 5.41) is 3.54. The summed E-state index contributed by atoms with van der Waals surface area (Å²) in [4.78, 5) is 41.5. The Morgan fingerprint density at radius 1 is 0.957 bits per heavy atom.